The van der Waals surface area contributed by atoms with Gasteiger partial charge in [0.15, 0.2) is 17.9 Å². The highest BCUT2D eigenvalue weighted by Crippen LogP contribution is 2.10. The second kappa shape index (κ2) is 32.2. The number of aliphatic imine (C=N–C) groups is 3. The third-order valence-electron chi connectivity index (χ3n) is 9.50. The van der Waals surface area contributed by atoms with Crippen molar-refractivity contribution in [2.75, 3.05) is 32.8 Å². The molecule has 0 heterocycles. The number of aliphatic hydroxyl groups excluding tert-OH is 2. The highest BCUT2D eigenvalue weighted by Gasteiger charge is 2.34. The summed E-state index contributed by atoms with van der Waals surface area (Å²) in [6, 6.07) is -11.0. The Balaban J connectivity index is 6.18. The van der Waals surface area contributed by atoms with Gasteiger partial charge in [-0.3, -0.25) is 53.3 Å². The Kier molecular flexibility index (Phi) is 29.0. The summed E-state index contributed by atoms with van der Waals surface area (Å²) in [6.07, 6.45) is 0.934. The molecule has 0 rings (SSSR count). The molecule has 0 aromatic rings. The predicted octanol–water partition coefficient (Wildman–Crippen LogP) is -6.95. The lowest BCUT2D eigenvalue weighted by Gasteiger charge is -2.28. The van der Waals surface area contributed by atoms with Crippen molar-refractivity contribution in [1.29, 1.82) is 0 Å². The van der Waals surface area contributed by atoms with Crippen LogP contribution in [-0.2, 0) is 38.4 Å². The molecule has 7 amide bonds. The standard InChI is InChI=1S/C39H75N17O11/c1-19(2)15-25(32(62)52-23(10-7-13-48-38(43)44)30(60)50-21(5)36(66)67)54-34(64)27(17-57)56-35(65)28(18-58)55-33(63)26(16-20(3)4)53-31(61)24(11-8-14-49-39(45)46)51-29(59)22(40)9-6-12-47-37(41)42/h19-28,57-58H,6-18,40H2,1-5H3,(H,50,60)(H,51,59)(H,52,62)(H,53,61)(H,54,64)(H,55,63)(H,56,65)(H,66,67)(H4,41,42,47)(H4,43,44,48)(H4,45,46,49)/t21-,22-,23-,24-,25-,26-,27-,28-/m0/s1. The number of aliphatic hydroxyl groups is 2. The maximum absolute atomic E-state index is 13.7. The fraction of sp³-hybridized carbons (Fsp3) is 0.718. The first-order chi connectivity index (χ1) is 31.3. The minimum Gasteiger partial charge on any atom is -0.480 e. The summed E-state index contributed by atoms with van der Waals surface area (Å²) in [6.45, 7) is 6.56. The average molecular weight is 958 g/mol. The summed E-state index contributed by atoms with van der Waals surface area (Å²) in [7, 11) is 0. The minimum atomic E-state index is -1.73. The quantitative estimate of drug-likeness (QED) is 0.0165. The Morgan fingerprint density at radius 3 is 1.04 bits per heavy atom. The van der Waals surface area contributed by atoms with Crippen LogP contribution in [-0.4, -0.2) is 162 Å². The molecule has 0 spiro atoms. The molecule has 0 bridgehead atoms. The van der Waals surface area contributed by atoms with Gasteiger partial charge in [0.25, 0.3) is 0 Å². The molecule has 0 aliphatic heterocycles. The van der Waals surface area contributed by atoms with Crippen LogP contribution in [0.2, 0.25) is 0 Å². The van der Waals surface area contributed by atoms with E-state index in [9.17, 15) is 53.7 Å². The SMILES string of the molecule is CC(C)C[C@H](NC(=O)[C@H](CO)NC(=O)[C@H](CO)NC(=O)[C@H](CC(C)C)NC(=O)[C@H](CCCN=C(N)N)NC(=O)[C@@H](N)CCCN=C(N)N)C(=O)N[C@@H](CCCN=C(N)N)C(=O)N[C@@H](C)C(=O)O. The van der Waals surface area contributed by atoms with E-state index >= 15 is 0 Å². The first-order valence-corrected chi connectivity index (χ1v) is 21.8. The molecule has 28 heteroatoms. The van der Waals surface area contributed by atoms with Crippen LogP contribution in [0.5, 0.6) is 0 Å². The number of rotatable bonds is 33. The number of amides is 7. The van der Waals surface area contributed by atoms with Crippen molar-refractivity contribution in [3.05, 3.63) is 0 Å². The van der Waals surface area contributed by atoms with E-state index in [0.29, 0.717) is 6.42 Å². The zero-order valence-electron chi connectivity index (χ0n) is 39.0. The molecular weight excluding hydrogens is 883 g/mol. The molecule has 0 aromatic heterocycles. The molecule has 0 saturated heterocycles. The van der Waals surface area contributed by atoms with Gasteiger partial charge >= 0.3 is 5.97 Å². The number of guanidine groups is 3. The lowest BCUT2D eigenvalue weighted by molar-refractivity contribution is -0.142. The number of carbonyl (C=O) groups excluding carboxylic acids is 7. The molecule has 24 N–H and O–H groups in total. The van der Waals surface area contributed by atoms with Crippen LogP contribution in [0.4, 0.5) is 0 Å². The molecular formula is C39H75N17O11. The van der Waals surface area contributed by atoms with Crippen molar-refractivity contribution in [3.8, 4) is 0 Å². The smallest absolute Gasteiger partial charge is 0.325 e. The number of nitrogens with one attached hydrogen (secondary N) is 7. The zero-order valence-corrected chi connectivity index (χ0v) is 39.0. The monoisotopic (exact) mass is 958 g/mol. The highest BCUT2D eigenvalue weighted by molar-refractivity contribution is 5.97. The first-order valence-electron chi connectivity index (χ1n) is 21.8. The number of nitrogens with zero attached hydrogens (tertiary/aromatic N) is 3. The molecule has 67 heavy (non-hydrogen) atoms. The Labute approximate surface area is 389 Å². The van der Waals surface area contributed by atoms with Crippen molar-refractivity contribution in [3.63, 3.8) is 0 Å². The third-order valence-corrected chi connectivity index (χ3v) is 9.50. The van der Waals surface area contributed by atoms with E-state index in [-0.39, 0.29) is 94.3 Å². The molecule has 8 atom stereocenters. The molecule has 382 valence electrons. The van der Waals surface area contributed by atoms with Gasteiger partial charge in [-0.15, -0.1) is 0 Å². The number of carboxylic acid groups (broad SMARTS) is 1. The molecule has 0 unspecified atom stereocenters. The Morgan fingerprint density at radius 2 is 0.716 bits per heavy atom. The summed E-state index contributed by atoms with van der Waals surface area (Å²) in [5, 5.41) is 46.6. The van der Waals surface area contributed by atoms with E-state index in [1.165, 1.54) is 6.92 Å². The van der Waals surface area contributed by atoms with Crippen LogP contribution < -0.4 is 77.4 Å². The van der Waals surface area contributed by atoms with Crippen molar-refractivity contribution >= 4 is 65.2 Å². The first kappa shape index (κ1) is 60.5. The summed E-state index contributed by atoms with van der Waals surface area (Å²) in [5.41, 5.74) is 38.3. The second-order valence-electron chi connectivity index (χ2n) is 16.5. The van der Waals surface area contributed by atoms with Crippen LogP contribution >= 0.6 is 0 Å². The number of hydrogen-bond donors (Lipinski definition) is 17. The maximum atomic E-state index is 13.7. The van der Waals surface area contributed by atoms with Gasteiger partial charge in [0.1, 0.15) is 42.3 Å². The predicted molar refractivity (Wildman–Crippen MR) is 248 cm³/mol. The molecule has 0 radical (unpaired) electrons. The van der Waals surface area contributed by atoms with E-state index < -0.39 is 109 Å². The van der Waals surface area contributed by atoms with E-state index in [1.807, 2.05) is 0 Å². The summed E-state index contributed by atoms with van der Waals surface area (Å²) in [5.74, 6) is -8.58. The van der Waals surface area contributed by atoms with Crippen LogP contribution in [0.3, 0.4) is 0 Å². The molecule has 0 fully saturated rings. The van der Waals surface area contributed by atoms with Crippen LogP contribution in [0.1, 0.15) is 86.0 Å². The van der Waals surface area contributed by atoms with Gasteiger partial charge in [-0.25, -0.2) is 0 Å². The van der Waals surface area contributed by atoms with Crippen molar-refractivity contribution in [1.82, 2.24) is 37.2 Å². The summed E-state index contributed by atoms with van der Waals surface area (Å²) < 4.78 is 0. The molecule has 0 saturated carbocycles. The number of hydrogen-bond acceptors (Lipinski definition) is 14. The van der Waals surface area contributed by atoms with E-state index in [4.69, 9.17) is 40.1 Å². The minimum absolute atomic E-state index is 0.00409. The number of nitrogens with two attached hydrogens (primary N) is 7. The van der Waals surface area contributed by atoms with E-state index in [2.05, 4.69) is 52.2 Å². The molecule has 0 aliphatic carbocycles. The van der Waals surface area contributed by atoms with Gasteiger partial charge in [0, 0.05) is 19.6 Å². The van der Waals surface area contributed by atoms with Gasteiger partial charge in [-0.2, -0.15) is 0 Å². The normalized spacial score (nSPS) is 14.5. The van der Waals surface area contributed by atoms with Crippen molar-refractivity contribution in [2.24, 2.45) is 66.9 Å². The van der Waals surface area contributed by atoms with Gasteiger partial charge < -0.3 is 92.7 Å². The fourth-order valence-electron chi connectivity index (χ4n) is 6.01. The molecule has 28 nitrogen and oxygen atoms in total. The maximum Gasteiger partial charge on any atom is 0.325 e. The lowest BCUT2D eigenvalue weighted by atomic mass is 10.0. The highest BCUT2D eigenvalue weighted by atomic mass is 16.4. The Morgan fingerprint density at radius 1 is 0.433 bits per heavy atom. The van der Waals surface area contributed by atoms with Crippen LogP contribution in [0.25, 0.3) is 0 Å². The summed E-state index contributed by atoms with van der Waals surface area (Å²) in [4.78, 5) is 117. The zero-order chi connectivity index (χ0) is 51.4. The van der Waals surface area contributed by atoms with Crippen molar-refractivity contribution < 1.29 is 53.7 Å². The van der Waals surface area contributed by atoms with Gasteiger partial charge in [-0.1, -0.05) is 27.7 Å². The second-order valence-corrected chi connectivity index (χ2v) is 16.5. The molecule has 0 aromatic carbocycles. The fourth-order valence-corrected chi connectivity index (χ4v) is 6.01. The largest absolute Gasteiger partial charge is 0.480 e. The van der Waals surface area contributed by atoms with E-state index in [0.717, 1.165) is 0 Å². The van der Waals surface area contributed by atoms with Crippen LogP contribution in [0.15, 0.2) is 15.0 Å². The average Bonchev–Trinajstić information content (AvgIpc) is 3.23. The molecule has 0 aliphatic rings. The third kappa shape index (κ3) is 26.3. The van der Waals surface area contributed by atoms with Crippen molar-refractivity contribution in [2.45, 2.75) is 134 Å². The summed E-state index contributed by atoms with van der Waals surface area (Å²) >= 11 is 0. The number of carboxylic acids is 1. The number of carbonyl (C=O) groups is 8. The van der Waals surface area contributed by atoms with Gasteiger partial charge in [-0.05, 0) is 70.1 Å². The van der Waals surface area contributed by atoms with Gasteiger partial charge in [0.2, 0.25) is 41.4 Å². The lowest BCUT2D eigenvalue weighted by Crippen LogP contribution is -2.61. The van der Waals surface area contributed by atoms with Gasteiger partial charge in [0.05, 0.1) is 19.3 Å². The topological polar surface area (TPSA) is 501 Å². The van der Waals surface area contributed by atoms with E-state index in [1.54, 1.807) is 27.7 Å². The van der Waals surface area contributed by atoms with Crippen LogP contribution in [0, 0.1) is 11.8 Å². The Hall–Kier alpha value is -6.55. The number of aliphatic carboxylic acids is 1. The Bertz CT molecular complexity index is 1720.